The van der Waals surface area contributed by atoms with E-state index < -0.39 is 5.60 Å². The molecule has 128 valence electrons. The lowest BCUT2D eigenvalue weighted by Crippen LogP contribution is -2.36. The summed E-state index contributed by atoms with van der Waals surface area (Å²) in [6.07, 6.45) is 6.27. The van der Waals surface area contributed by atoms with E-state index in [9.17, 15) is 9.90 Å². The van der Waals surface area contributed by atoms with Crippen molar-refractivity contribution in [3.8, 4) is 11.5 Å². The maximum atomic E-state index is 12.4. The second kappa shape index (κ2) is 6.77. The van der Waals surface area contributed by atoms with Crippen molar-refractivity contribution in [2.45, 2.75) is 58.0 Å². The minimum Gasteiger partial charge on any atom is -0.444 e. The predicted molar refractivity (Wildman–Crippen MR) is 92.7 cm³/mol. The van der Waals surface area contributed by atoms with E-state index in [1.165, 1.54) is 0 Å². The quantitative estimate of drug-likeness (QED) is 0.890. The molecule has 1 aromatic heterocycles. The molecule has 1 heterocycles. The lowest BCUT2D eigenvalue weighted by Gasteiger charge is -2.31. The van der Waals surface area contributed by atoms with Crippen LogP contribution in [0.5, 0.6) is 0 Å². The van der Waals surface area contributed by atoms with Crippen LogP contribution in [0.25, 0.3) is 11.5 Å². The summed E-state index contributed by atoms with van der Waals surface area (Å²) in [6, 6.07) is 5.72. The number of aromatic nitrogens is 1. The Bertz CT molecular complexity index is 730. The molecule has 0 atom stereocenters. The molecule has 1 fully saturated rings. The average Bonchev–Trinajstić information content (AvgIpc) is 2.96. The van der Waals surface area contributed by atoms with Crippen molar-refractivity contribution in [1.82, 2.24) is 4.98 Å². The van der Waals surface area contributed by atoms with Crippen LogP contribution in [0.2, 0.25) is 0 Å². The van der Waals surface area contributed by atoms with Gasteiger partial charge in [0.2, 0.25) is 11.8 Å². The molecular formula is C19H24N2O3. The molecule has 2 aromatic rings. The fourth-order valence-electron chi connectivity index (χ4n) is 3.26. The Balaban J connectivity index is 1.73. The summed E-state index contributed by atoms with van der Waals surface area (Å²) in [5.41, 5.74) is 2.47. The minimum atomic E-state index is -0.854. The zero-order valence-electron chi connectivity index (χ0n) is 14.3. The van der Waals surface area contributed by atoms with Gasteiger partial charge in [-0.15, -0.1) is 0 Å². The summed E-state index contributed by atoms with van der Waals surface area (Å²) < 4.78 is 5.42. The van der Waals surface area contributed by atoms with Gasteiger partial charge in [-0.1, -0.05) is 25.3 Å². The first-order valence-corrected chi connectivity index (χ1v) is 8.51. The first-order valence-electron chi connectivity index (χ1n) is 8.51. The number of oxazole rings is 1. The minimum absolute atomic E-state index is 0.148. The Kier molecular flexibility index (Phi) is 4.71. The van der Waals surface area contributed by atoms with E-state index >= 15 is 0 Å². The maximum absolute atomic E-state index is 12.4. The first-order chi connectivity index (χ1) is 11.5. The van der Waals surface area contributed by atoms with Gasteiger partial charge in [-0.2, -0.15) is 0 Å². The molecule has 0 aliphatic heterocycles. The molecule has 24 heavy (non-hydrogen) atoms. The third-order valence-electron chi connectivity index (χ3n) is 4.65. The van der Waals surface area contributed by atoms with Gasteiger partial charge in [0.15, 0.2) is 0 Å². The van der Waals surface area contributed by atoms with Crippen LogP contribution in [0, 0.1) is 13.8 Å². The van der Waals surface area contributed by atoms with Crippen LogP contribution in [0.4, 0.5) is 5.69 Å². The summed E-state index contributed by atoms with van der Waals surface area (Å²) in [4.78, 5) is 16.7. The normalized spacial score (nSPS) is 16.8. The van der Waals surface area contributed by atoms with Crippen LogP contribution in [-0.4, -0.2) is 21.6 Å². The number of aryl methyl sites for hydroxylation is 2. The van der Waals surface area contributed by atoms with Crippen molar-refractivity contribution >= 4 is 11.6 Å². The lowest BCUT2D eigenvalue weighted by atomic mass is 9.82. The smallest absolute Gasteiger partial charge is 0.227 e. The SMILES string of the molecule is Cc1coc(-c2ccc(C)c(NC(=O)CC3(O)CCCCC3)c2)n1. The van der Waals surface area contributed by atoms with Crippen molar-refractivity contribution < 1.29 is 14.3 Å². The fraction of sp³-hybridized carbons (Fsp3) is 0.474. The van der Waals surface area contributed by atoms with E-state index in [2.05, 4.69) is 10.3 Å². The fourth-order valence-corrected chi connectivity index (χ4v) is 3.26. The molecule has 0 radical (unpaired) electrons. The Hall–Kier alpha value is -2.14. The molecule has 0 saturated heterocycles. The van der Waals surface area contributed by atoms with Gasteiger partial charge in [0.25, 0.3) is 0 Å². The van der Waals surface area contributed by atoms with Gasteiger partial charge in [0.05, 0.1) is 17.7 Å². The van der Waals surface area contributed by atoms with Gasteiger partial charge in [-0.25, -0.2) is 4.98 Å². The molecule has 5 nitrogen and oxygen atoms in total. The predicted octanol–water partition coefficient (Wildman–Crippen LogP) is 3.98. The Labute approximate surface area is 142 Å². The van der Waals surface area contributed by atoms with Crippen LogP contribution in [0.15, 0.2) is 28.9 Å². The summed E-state index contributed by atoms with van der Waals surface area (Å²) in [5, 5.41) is 13.5. The van der Waals surface area contributed by atoms with Gasteiger partial charge in [0, 0.05) is 11.3 Å². The monoisotopic (exact) mass is 328 g/mol. The molecule has 3 rings (SSSR count). The summed E-state index contributed by atoms with van der Waals surface area (Å²) >= 11 is 0. The molecule has 0 bridgehead atoms. The second-order valence-corrected chi connectivity index (χ2v) is 6.83. The van der Waals surface area contributed by atoms with Gasteiger partial charge in [-0.3, -0.25) is 4.79 Å². The molecule has 0 unspecified atom stereocenters. The number of rotatable bonds is 4. The summed E-state index contributed by atoms with van der Waals surface area (Å²) in [5.74, 6) is 0.386. The number of nitrogens with zero attached hydrogens (tertiary/aromatic N) is 1. The van der Waals surface area contributed by atoms with E-state index in [0.717, 1.165) is 41.8 Å². The molecule has 2 N–H and O–H groups in total. The zero-order valence-corrected chi connectivity index (χ0v) is 14.3. The van der Waals surface area contributed by atoms with E-state index in [0.29, 0.717) is 18.7 Å². The number of carbonyl (C=O) groups is 1. The van der Waals surface area contributed by atoms with Gasteiger partial charge < -0.3 is 14.8 Å². The number of benzene rings is 1. The topological polar surface area (TPSA) is 75.4 Å². The van der Waals surface area contributed by atoms with Gasteiger partial charge in [0.1, 0.15) is 6.26 Å². The lowest BCUT2D eigenvalue weighted by molar-refractivity contribution is -0.122. The zero-order chi connectivity index (χ0) is 17.2. The largest absolute Gasteiger partial charge is 0.444 e. The number of anilines is 1. The third kappa shape index (κ3) is 3.85. The van der Waals surface area contributed by atoms with Gasteiger partial charge >= 0.3 is 0 Å². The number of nitrogens with one attached hydrogen (secondary N) is 1. The van der Waals surface area contributed by atoms with Crippen molar-refractivity contribution in [2.75, 3.05) is 5.32 Å². The summed E-state index contributed by atoms with van der Waals surface area (Å²) in [7, 11) is 0. The molecule has 1 aliphatic rings. The molecule has 1 saturated carbocycles. The molecule has 0 spiro atoms. The third-order valence-corrected chi connectivity index (χ3v) is 4.65. The number of hydrogen-bond donors (Lipinski definition) is 2. The average molecular weight is 328 g/mol. The molecule has 5 heteroatoms. The Morgan fingerprint density at radius 3 is 2.71 bits per heavy atom. The van der Waals surface area contributed by atoms with Gasteiger partial charge in [-0.05, 0) is 44.4 Å². The molecule has 1 aliphatic carbocycles. The van der Waals surface area contributed by atoms with E-state index in [1.54, 1.807) is 6.26 Å². The molecular weight excluding hydrogens is 304 g/mol. The Morgan fingerprint density at radius 1 is 1.29 bits per heavy atom. The second-order valence-electron chi connectivity index (χ2n) is 6.83. The van der Waals surface area contributed by atoms with Crippen LogP contribution in [0.3, 0.4) is 0 Å². The number of carbonyl (C=O) groups excluding carboxylic acids is 1. The number of amides is 1. The summed E-state index contributed by atoms with van der Waals surface area (Å²) in [6.45, 7) is 3.81. The van der Waals surface area contributed by atoms with Crippen molar-refractivity contribution in [2.24, 2.45) is 0 Å². The number of aliphatic hydroxyl groups is 1. The van der Waals surface area contributed by atoms with Crippen LogP contribution in [0.1, 0.15) is 49.8 Å². The highest BCUT2D eigenvalue weighted by Gasteiger charge is 2.31. The van der Waals surface area contributed by atoms with Crippen molar-refractivity contribution in [3.05, 3.63) is 35.7 Å². The molecule has 1 amide bonds. The van der Waals surface area contributed by atoms with Crippen LogP contribution in [-0.2, 0) is 4.79 Å². The van der Waals surface area contributed by atoms with Crippen molar-refractivity contribution in [3.63, 3.8) is 0 Å². The molecule has 1 aromatic carbocycles. The standard InChI is InChI=1S/C19H24N2O3/c1-13-6-7-15(18-20-14(2)12-24-18)10-16(13)21-17(22)11-19(23)8-4-3-5-9-19/h6-7,10,12,23H,3-5,8-9,11H2,1-2H3,(H,21,22). The number of hydrogen-bond acceptors (Lipinski definition) is 4. The maximum Gasteiger partial charge on any atom is 0.227 e. The van der Waals surface area contributed by atoms with Crippen LogP contribution < -0.4 is 5.32 Å². The highest BCUT2D eigenvalue weighted by Crippen LogP contribution is 2.31. The van der Waals surface area contributed by atoms with E-state index in [4.69, 9.17) is 4.42 Å². The highest BCUT2D eigenvalue weighted by atomic mass is 16.3. The van der Waals surface area contributed by atoms with Crippen molar-refractivity contribution in [1.29, 1.82) is 0 Å². The first kappa shape index (κ1) is 16.7. The highest BCUT2D eigenvalue weighted by molar-refractivity contribution is 5.92. The van der Waals surface area contributed by atoms with E-state index in [-0.39, 0.29) is 12.3 Å². The van der Waals surface area contributed by atoms with E-state index in [1.807, 2.05) is 32.0 Å². The Morgan fingerprint density at radius 2 is 2.04 bits per heavy atom. The van der Waals surface area contributed by atoms with Crippen LogP contribution >= 0.6 is 0 Å².